The highest BCUT2D eigenvalue weighted by atomic mass is 16.3. The third kappa shape index (κ3) is 3.49. The number of aliphatic hydroxyl groups is 1. The van der Waals surface area contributed by atoms with E-state index in [0.717, 1.165) is 31.2 Å². The van der Waals surface area contributed by atoms with Crippen molar-refractivity contribution in [2.75, 3.05) is 0 Å². The molecule has 0 spiro atoms. The molecule has 5 nitrogen and oxygen atoms in total. The van der Waals surface area contributed by atoms with Gasteiger partial charge in [-0.3, -0.25) is 4.79 Å². The third-order valence-electron chi connectivity index (χ3n) is 3.73. The van der Waals surface area contributed by atoms with E-state index in [9.17, 15) is 9.90 Å². The van der Waals surface area contributed by atoms with Crippen LogP contribution in [0.2, 0.25) is 0 Å². The van der Waals surface area contributed by atoms with Crippen LogP contribution in [-0.2, 0) is 4.79 Å². The first-order valence-corrected chi connectivity index (χ1v) is 7.23. The zero-order valence-corrected chi connectivity index (χ0v) is 11.7. The van der Waals surface area contributed by atoms with Crippen LogP contribution in [0.5, 0.6) is 0 Å². The highest BCUT2D eigenvalue weighted by molar-refractivity contribution is 5.91. The number of carbonyl (C=O) groups excluding carboxylic acids is 1. The minimum absolute atomic E-state index is 0.147. The lowest BCUT2D eigenvalue weighted by Crippen LogP contribution is -2.37. The van der Waals surface area contributed by atoms with Crippen molar-refractivity contribution in [3.8, 4) is 0 Å². The molecular formula is C16H18N2O3. The Bertz CT molecular complexity index is 621. The number of amides is 1. The summed E-state index contributed by atoms with van der Waals surface area (Å²) in [6.07, 6.45) is 5.95. The summed E-state index contributed by atoms with van der Waals surface area (Å²) in [5.41, 5.74) is 1.48. The highest BCUT2D eigenvalue weighted by Crippen LogP contribution is 2.18. The smallest absolute Gasteiger partial charge is 0.244 e. The lowest BCUT2D eigenvalue weighted by molar-refractivity contribution is -0.117. The molecule has 1 aliphatic rings. The largest absolute Gasteiger partial charge is 0.437 e. The summed E-state index contributed by atoms with van der Waals surface area (Å²) >= 11 is 0. The van der Waals surface area contributed by atoms with Crippen LogP contribution in [0.1, 0.15) is 31.6 Å². The van der Waals surface area contributed by atoms with E-state index in [-0.39, 0.29) is 18.1 Å². The first-order chi connectivity index (χ1) is 10.2. The second-order valence-corrected chi connectivity index (χ2v) is 5.37. The predicted molar refractivity (Wildman–Crippen MR) is 79.4 cm³/mol. The summed E-state index contributed by atoms with van der Waals surface area (Å²) < 4.78 is 5.51. The molecule has 110 valence electrons. The Hall–Kier alpha value is -2.14. The quantitative estimate of drug-likeness (QED) is 0.849. The van der Waals surface area contributed by atoms with Gasteiger partial charge in [-0.05, 0) is 37.8 Å². The zero-order chi connectivity index (χ0) is 14.7. The van der Waals surface area contributed by atoms with Crippen molar-refractivity contribution in [2.45, 2.75) is 37.8 Å². The van der Waals surface area contributed by atoms with Crippen molar-refractivity contribution < 1.29 is 14.3 Å². The maximum Gasteiger partial charge on any atom is 0.244 e. The molecule has 2 aromatic rings. The second kappa shape index (κ2) is 6.10. The maximum atomic E-state index is 11.9. The SMILES string of the molecule is O=C(/C=C/c1nc2ccccc2o1)NC1CCC(O)CC1. The van der Waals surface area contributed by atoms with E-state index in [2.05, 4.69) is 10.3 Å². The van der Waals surface area contributed by atoms with E-state index in [1.165, 1.54) is 6.08 Å². The van der Waals surface area contributed by atoms with Gasteiger partial charge in [0.25, 0.3) is 0 Å². The van der Waals surface area contributed by atoms with Crippen molar-refractivity contribution in [3.05, 3.63) is 36.2 Å². The molecule has 3 rings (SSSR count). The minimum atomic E-state index is -0.214. The number of para-hydroxylation sites is 2. The summed E-state index contributed by atoms with van der Waals surface area (Å²) in [6.45, 7) is 0. The van der Waals surface area contributed by atoms with Crippen LogP contribution in [0.3, 0.4) is 0 Å². The van der Waals surface area contributed by atoms with E-state index in [4.69, 9.17) is 4.42 Å². The van der Waals surface area contributed by atoms with E-state index in [1.807, 2.05) is 24.3 Å². The van der Waals surface area contributed by atoms with E-state index in [1.54, 1.807) is 6.08 Å². The van der Waals surface area contributed by atoms with Crippen LogP contribution >= 0.6 is 0 Å². The molecule has 5 heteroatoms. The van der Waals surface area contributed by atoms with Crippen LogP contribution in [0.4, 0.5) is 0 Å². The van der Waals surface area contributed by atoms with E-state index < -0.39 is 0 Å². The Labute approximate surface area is 122 Å². The van der Waals surface area contributed by atoms with Gasteiger partial charge < -0.3 is 14.8 Å². The Morgan fingerprint density at radius 3 is 2.81 bits per heavy atom. The van der Waals surface area contributed by atoms with Crippen LogP contribution in [-0.4, -0.2) is 28.1 Å². The summed E-state index contributed by atoms with van der Waals surface area (Å²) in [7, 11) is 0. The van der Waals surface area contributed by atoms with Crippen LogP contribution in [0.25, 0.3) is 17.2 Å². The molecule has 2 N–H and O–H groups in total. The summed E-state index contributed by atoms with van der Waals surface area (Å²) in [5, 5.41) is 12.4. The van der Waals surface area contributed by atoms with Crippen molar-refractivity contribution in [1.82, 2.24) is 10.3 Å². The topological polar surface area (TPSA) is 75.4 Å². The number of aromatic nitrogens is 1. The van der Waals surface area contributed by atoms with Crippen molar-refractivity contribution in [1.29, 1.82) is 0 Å². The van der Waals surface area contributed by atoms with Gasteiger partial charge in [0, 0.05) is 18.2 Å². The maximum absolute atomic E-state index is 11.9. The van der Waals surface area contributed by atoms with E-state index >= 15 is 0 Å². The molecule has 0 radical (unpaired) electrons. The fraction of sp³-hybridized carbons (Fsp3) is 0.375. The Morgan fingerprint density at radius 1 is 1.29 bits per heavy atom. The molecule has 1 fully saturated rings. The summed E-state index contributed by atoms with van der Waals surface area (Å²) in [4.78, 5) is 16.1. The number of carbonyl (C=O) groups is 1. The van der Waals surface area contributed by atoms with Gasteiger partial charge in [0.05, 0.1) is 6.10 Å². The van der Waals surface area contributed by atoms with Crippen molar-refractivity contribution in [2.24, 2.45) is 0 Å². The van der Waals surface area contributed by atoms with Crippen LogP contribution < -0.4 is 5.32 Å². The third-order valence-corrected chi connectivity index (χ3v) is 3.73. The van der Waals surface area contributed by atoms with Gasteiger partial charge in [0.1, 0.15) is 5.52 Å². The molecule has 0 bridgehead atoms. The first kappa shape index (κ1) is 13.8. The molecule has 1 saturated carbocycles. The van der Waals surface area contributed by atoms with Crippen molar-refractivity contribution in [3.63, 3.8) is 0 Å². The second-order valence-electron chi connectivity index (χ2n) is 5.37. The molecule has 1 heterocycles. The van der Waals surface area contributed by atoms with Gasteiger partial charge >= 0.3 is 0 Å². The molecule has 21 heavy (non-hydrogen) atoms. The number of oxazole rings is 1. The number of hydrogen-bond donors (Lipinski definition) is 2. The van der Waals surface area contributed by atoms with Crippen LogP contribution in [0.15, 0.2) is 34.8 Å². The number of nitrogens with zero attached hydrogens (tertiary/aromatic N) is 1. The van der Waals surface area contributed by atoms with E-state index in [0.29, 0.717) is 11.5 Å². The molecule has 0 unspecified atom stereocenters. The molecule has 1 aromatic carbocycles. The zero-order valence-electron chi connectivity index (χ0n) is 11.7. The lowest BCUT2D eigenvalue weighted by atomic mass is 9.93. The molecule has 1 amide bonds. The normalized spacial score (nSPS) is 22.7. The molecule has 1 aliphatic carbocycles. The number of hydrogen-bond acceptors (Lipinski definition) is 4. The molecule has 0 aliphatic heterocycles. The number of aliphatic hydroxyl groups excluding tert-OH is 1. The minimum Gasteiger partial charge on any atom is -0.437 e. The Kier molecular flexibility index (Phi) is 4.01. The standard InChI is InChI=1S/C16H18N2O3/c19-12-7-5-11(6-8-12)17-15(20)9-10-16-18-13-3-1-2-4-14(13)21-16/h1-4,9-12,19H,5-8H2,(H,17,20)/b10-9+. The van der Waals surface area contributed by atoms with Gasteiger partial charge in [0.2, 0.25) is 11.8 Å². The number of rotatable bonds is 3. The Morgan fingerprint density at radius 2 is 2.05 bits per heavy atom. The number of fused-ring (bicyclic) bond motifs is 1. The molecule has 0 saturated heterocycles. The Balaban J connectivity index is 1.58. The fourth-order valence-corrected chi connectivity index (χ4v) is 2.58. The summed E-state index contributed by atoms with van der Waals surface area (Å²) in [6, 6.07) is 7.62. The van der Waals surface area contributed by atoms with Gasteiger partial charge in [-0.1, -0.05) is 12.1 Å². The molecular weight excluding hydrogens is 268 g/mol. The molecule has 0 atom stereocenters. The predicted octanol–water partition coefficient (Wildman–Crippen LogP) is 2.26. The van der Waals surface area contributed by atoms with Gasteiger partial charge in [-0.2, -0.15) is 0 Å². The number of benzene rings is 1. The van der Waals surface area contributed by atoms with Gasteiger partial charge in [-0.25, -0.2) is 4.98 Å². The fourth-order valence-electron chi connectivity index (χ4n) is 2.58. The first-order valence-electron chi connectivity index (χ1n) is 7.23. The molecule has 1 aromatic heterocycles. The highest BCUT2D eigenvalue weighted by Gasteiger charge is 2.19. The van der Waals surface area contributed by atoms with Crippen molar-refractivity contribution >= 4 is 23.1 Å². The number of nitrogens with one attached hydrogen (secondary N) is 1. The average Bonchev–Trinajstić information content (AvgIpc) is 2.90. The monoisotopic (exact) mass is 286 g/mol. The van der Waals surface area contributed by atoms with Crippen LogP contribution in [0, 0.1) is 0 Å². The van der Waals surface area contributed by atoms with Gasteiger partial charge in [0.15, 0.2) is 5.58 Å². The lowest BCUT2D eigenvalue weighted by Gasteiger charge is -2.25. The average molecular weight is 286 g/mol. The van der Waals surface area contributed by atoms with Gasteiger partial charge in [-0.15, -0.1) is 0 Å². The summed E-state index contributed by atoms with van der Waals surface area (Å²) in [5.74, 6) is 0.268.